The Bertz CT molecular complexity index is 525. The van der Waals surface area contributed by atoms with E-state index in [1.54, 1.807) is 6.20 Å². The molecule has 0 N–H and O–H groups in total. The Kier molecular flexibility index (Phi) is 3.79. The smallest absolute Gasteiger partial charge is 0.238 e. The quantitative estimate of drug-likeness (QED) is 0.808. The lowest BCUT2D eigenvalue weighted by Gasteiger charge is -2.03. The molecule has 0 saturated heterocycles. The molecule has 0 amide bonds. The molecular formula is C12H13BrN2OS. The number of imidazole rings is 1. The van der Waals surface area contributed by atoms with Crippen molar-refractivity contribution in [2.24, 2.45) is 0 Å². The maximum atomic E-state index is 12.3. The minimum atomic E-state index is 0.00208. The van der Waals surface area contributed by atoms with Crippen LogP contribution in [0.25, 0.3) is 0 Å². The fourth-order valence-electron chi connectivity index (χ4n) is 1.62. The van der Waals surface area contributed by atoms with E-state index in [-0.39, 0.29) is 5.78 Å². The lowest BCUT2D eigenvalue weighted by atomic mass is 10.2. The van der Waals surface area contributed by atoms with Crippen molar-refractivity contribution in [2.75, 3.05) is 0 Å². The molecule has 0 aliphatic heterocycles. The zero-order valence-electron chi connectivity index (χ0n) is 9.74. The van der Waals surface area contributed by atoms with Crippen molar-refractivity contribution in [3.8, 4) is 0 Å². The Hall–Kier alpha value is -0.940. The van der Waals surface area contributed by atoms with Crippen molar-refractivity contribution in [1.29, 1.82) is 0 Å². The molecule has 2 aromatic heterocycles. The number of halogens is 1. The predicted molar refractivity (Wildman–Crippen MR) is 72.7 cm³/mol. The Balaban J connectivity index is 2.33. The van der Waals surface area contributed by atoms with Crippen molar-refractivity contribution in [3.05, 3.63) is 38.5 Å². The molecule has 0 aliphatic carbocycles. The maximum absolute atomic E-state index is 12.3. The second-order valence-corrected chi connectivity index (χ2v) is 6.21. The number of hydrogen-bond acceptors (Lipinski definition) is 3. The summed E-state index contributed by atoms with van der Waals surface area (Å²) in [6.07, 6.45) is 4.52. The van der Waals surface area contributed by atoms with E-state index in [9.17, 15) is 4.79 Å². The topological polar surface area (TPSA) is 34.9 Å². The minimum absolute atomic E-state index is 0.00208. The molecule has 0 unspecified atom stereocenters. The van der Waals surface area contributed by atoms with Crippen molar-refractivity contribution >= 4 is 33.0 Å². The van der Waals surface area contributed by atoms with Crippen LogP contribution in [0, 0.1) is 6.92 Å². The van der Waals surface area contributed by atoms with Gasteiger partial charge in [0.15, 0.2) is 5.82 Å². The summed E-state index contributed by atoms with van der Waals surface area (Å²) in [4.78, 5) is 17.2. The Morgan fingerprint density at radius 2 is 2.35 bits per heavy atom. The van der Waals surface area contributed by atoms with Crippen LogP contribution in [-0.4, -0.2) is 15.3 Å². The number of nitrogens with zero attached hydrogens (tertiary/aromatic N) is 2. The molecule has 0 aromatic carbocycles. The van der Waals surface area contributed by atoms with Gasteiger partial charge in [0, 0.05) is 18.9 Å². The molecule has 17 heavy (non-hydrogen) atoms. The Morgan fingerprint density at radius 1 is 1.59 bits per heavy atom. The molecule has 0 bridgehead atoms. The van der Waals surface area contributed by atoms with Crippen molar-refractivity contribution in [2.45, 2.75) is 26.8 Å². The van der Waals surface area contributed by atoms with E-state index < -0.39 is 0 Å². The molecule has 0 spiro atoms. The molecular weight excluding hydrogens is 300 g/mol. The van der Waals surface area contributed by atoms with E-state index in [1.807, 2.05) is 23.8 Å². The van der Waals surface area contributed by atoms with Gasteiger partial charge < -0.3 is 4.57 Å². The fraction of sp³-hybridized carbons (Fsp3) is 0.333. The molecule has 0 radical (unpaired) electrons. The van der Waals surface area contributed by atoms with Crippen LogP contribution >= 0.6 is 27.3 Å². The number of aryl methyl sites for hydroxylation is 2. The first-order valence-electron chi connectivity index (χ1n) is 5.45. The third-order valence-corrected chi connectivity index (χ3v) is 4.60. The van der Waals surface area contributed by atoms with Gasteiger partial charge in [-0.1, -0.05) is 6.92 Å². The van der Waals surface area contributed by atoms with Crippen molar-refractivity contribution in [3.63, 3.8) is 0 Å². The SMILES string of the molecule is CCCn1ccnc1C(=O)c1cc(C)c(Br)s1. The lowest BCUT2D eigenvalue weighted by Crippen LogP contribution is -2.10. The predicted octanol–water partition coefficient (Wildman–Crippen LogP) is 3.66. The van der Waals surface area contributed by atoms with E-state index in [4.69, 9.17) is 0 Å². The van der Waals surface area contributed by atoms with Gasteiger partial charge in [0.2, 0.25) is 5.78 Å². The maximum Gasteiger partial charge on any atom is 0.238 e. The Labute approximate surface area is 113 Å². The summed E-state index contributed by atoms with van der Waals surface area (Å²) in [5, 5.41) is 0. The lowest BCUT2D eigenvalue weighted by molar-refractivity contribution is 0.102. The highest BCUT2D eigenvalue weighted by Crippen LogP contribution is 2.28. The molecule has 0 saturated carbocycles. The highest BCUT2D eigenvalue weighted by molar-refractivity contribution is 9.11. The van der Waals surface area contributed by atoms with Gasteiger partial charge in [0.1, 0.15) is 0 Å². The number of aromatic nitrogens is 2. The molecule has 0 atom stereocenters. The van der Waals surface area contributed by atoms with Crippen LogP contribution in [-0.2, 0) is 6.54 Å². The number of ketones is 1. The number of rotatable bonds is 4. The molecule has 90 valence electrons. The van der Waals surface area contributed by atoms with E-state index in [1.165, 1.54) is 11.3 Å². The van der Waals surface area contributed by atoms with Crippen molar-refractivity contribution in [1.82, 2.24) is 9.55 Å². The first-order valence-corrected chi connectivity index (χ1v) is 7.06. The van der Waals surface area contributed by atoms with E-state index in [0.717, 1.165) is 27.2 Å². The van der Waals surface area contributed by atoms with Crippen LogP contribution in [0.3, 0.4) is 0 Å². The Morgan fingerprint density at radius 3 is 2.94 bits per heavy atom. The van der Waals surface area contributed by atoms with E-state index in [2.05, 4.69) is 27.8 Å². The summed E-state index contributed by atoms with van der Waals surface area (Å²) < 4.78 is 2.92. The summed E-state index contributed by atoms with van der Waals surface area (Å²) in [6.45, 7) is 4.89. The van der Waals surface area contributed by atoms with Gasteiger partial charge in [-0.15, -0.1) is 11.3 Å². The van der Waals surface area contributed by atoms with Gasteiger partial charge in [-0.05, 0) is 40.9 Å². The summed E-state index contributed by atoms with van der Waals surface area (Å²) in [6, 6.07) is 1.90. The van der Waals surface area contributed by atoms with Crippen LogP contribution in [0.5, 0.6) is 0 Å². The van der Waals surface area contributed by atoms with Gasteiger partial charge >= 0.3 is 0 Å². The average molecular weight is 313 g/mol. The number of thiophene rings is 1. The number of carbonyl (C=O) groups excluding carboxylic acids is 1. The first-order chi connectivity index (χ1) is 8.13. The normalized spacial score (nSPS) is 10.8. The second-order valence-electron chi connectivity index (χ2n) is 3.84. The van der Waals surface area contributed by atoms with Crippen LogP contribution < -0.4 is 0 Å². The fourth-order valence-corrected chi connectivity index (χ4v) is 3.09. The molecule has 3 nitrogen and oxygen atoms in total. The summed E-state index contributed by atoms with van der Waals surface area (Å²) >= 11 is 4.90. The molecule has 0 fully saturated rings. The number of hydrogen-bond donors (Lipinski definition) is 0. The largest absolute Gasteiger partial charge is 0.328 e. The molecule has 2 rings (SSSR count). The monoisotopic (exact) mass is 312 g/mol. The van der Waals surface area contributed by atoms with Crippen LogP contribution in [0.15, 0.2) is 22.2 Å². The highest BCUT2D eigenvalue weighted by atomic mass is 79.9. The van der Waals surface area contributed by atoms with Crippen LogP contribution in [0.1, 0.15) is 34.4 Å². The van der Waals surface area contributed by atoms with Crippen LogP contribution in [0.4, 0.5) is 0 Å². The van der Waals surface area contributed by atoms with Gasteiger partial charge in [-0.25, -0.2) is 4.98 Å². The van der Waals surface area contributed by atoms with Crippen LogP contribution in [0.2, 0.25) is 0 Å². The molecule has 2 aromatic rings. The zero-order chi connectivity index (χ0) is 12.4. The van der Waals surface area contributed by atoms with E-state index in [0.29, 0.717) is 5.82 Å². The first kappa shape index (κ1) is 12.5. The average Bonchev–Trinajstić information content (AvgIpc) is 2.87. The third kappa shape index (κ3) is 2.50. The molecule has 5 heteroatoms. The van der Waals surface area contributed by atoms with E-state index >= 15 is 0 Å². The van der Waals surface area contributed by atoms with Crippen molar-refractivity contribution < 1.29 is 4.79 Å². The van der Waals surface area contributed by atoms with Gasteiger partial charge in [0.25, 0.3) is 0 Å². The van der Waals surface area contributed by atoms with Gasteiger partial charge in [-0.2, -0.15) is 0 Å². The summed E-state index contributed by atoms with van der Waals surface area (Å²) in [5.41, 5.74) is 1.09. The van der Waals surface area contributed by atoms with Gasteiger partial charge in [-0.3, -0.25) is 4.79 Å². The number of carbonyl (C=O) groups is 1. The van der Waals surface area contributed by atoms with Gasteiger partial charge in [0.05, 0.1) is 8.66 Å². The standard InChI is InChI=1S/C12H13BrN2OS/c1-3-5-15-6-4-14-12(15)10(16)9-7-8(2)11(13)17-9/h4,6-7H,3,5H2,1-2H3. The summed E-state index contributed by atoms with van der Waals surface area (Å²) in [7, 11) is 0. The highest BCUT2D eigenvalue weighted by Gasteiger charge is 2.17. The molecule has 2 heterocycles. The third-order valence-electron chi connectivity index (χ3n) is 2.46. The molecule has 0 aliphatic rings. The minimum Gasteiger partial charge on any atom is -0.328 e. The zero-order valence-corrected chi connectivity index (χ0v) is 12.1. The second kappa shape index (κ2) is 5.14. The summed E-state index contributed by atoms with van der Waals surface area (Å²) in [5.74, 6) is 0.530.